The van der Waals surface area contributed by atoms with Gasteiger partial charge < -0.3 is 4.90 Å². The molecule has 0 aliphatic carbocycles. The molecular weight excluding hydrogens is 214 g/mol. The topological polar surface area (TPSA) is 49.0 Å². The molecule has 0 aromatic carbocycles. The molecule has 1 saturated heterocycles. The summed E-state index contributed by atoms with van der Waals surface area (Å²) >= 11 is 0. The summed E-state index contributed by atoms with van der Waals surface area (Å²) < 4.78 is 0. The van der Waals surface area contributed by atoms with Gasteiger partial charge in [0.2, 0.25) is 0 Å². The molecule has 1 N–H and O–H groups in total. The van der Waals surface area contributed by atoms with Crippen molar-refractivity contribution in [2.24, 2.45) is 0 Å². The molecule has 1 fully saturated rings. The van der Waals surface area contributed by atoms with E-state index in [1.165, 1.54) is 12.8 Å². The van der Waals surface area contributed by atoms with Crippen LogP contribution in [-0.4, -0.2) is 34.1 Å². The Labute approximate surface area is 102 Å². The molecule has 1 aromatic rings. The highest BCUT2D eigenvalue weighted by Gasteiger charge is 2.20. The number of nitrogens with one attached hydrogen (secondary N) is 1. The van der Waals surface area contributed by atoms with Gasteiger partial charge in [-0.2, -0.15) is 5.10 Å². The van der Waals surface area contributed by atoms with Crippen LogP contribution in [0.1, 0.15) is 55.1 Å². The van der Waals surface area contributed by atoms with E-state index >= 15 is 0 Å². The van der Waals surface area contributed by atoms with Gasteiger partial charge in [0, 0.05) is 18.8 Å². The van der Waals surface area contributed by atoms with E-state index in [9.17, 15) is 4.79 Å². The van der Waals surface area contributed by atoms with Crippen LogP contribution in [0.15, 0.2) is 6.20 Å². The Balaban J connectivity index is 2.09. The number of aryl methyl sites for hydroxylation is 1. The van der Waals surface area contributed by atoms with Gasteiger partial charge >= 0.3 is 0 Å². The molecule has 1 aliphatic heterocycles. The molecule has 1 aliphatic rings. The van der Waals surface area contributed by atoms with Crippen molar-refractivity contribution in [1.29, 1.82) is 0 Å². The predicted octanol–water partition coefficient (Wildman–Crippen LogP) is 2.38. The first-order valence-corrected chi connectivity index (χ1v) is 6.64. The summed E-state index contributed by atoms with van der Waals surface area (Å²) in [5.74, 6) is 0.157. The molecule has 0 atom stereocenters. The summed E-state index contributed by atoms with van der Waals surface area (Å²) in [6, 6.07) is 0. The highest BCUT2D eigenvalue weighted by Crippen LogP contribution is 2.15. The summed E-state index contributed by atoms with van der Waals surface area (Å²) in [6.45, 7) is 3.91. The second-order valence-corrected chi connectivity index (χ2v) is 4.72. The molecule has 0 spiro atoms. The number of likely N-dealkylation sites (tertiary alicyclic amines) is 1. The van der Waals surface area contributed by atoms with Crippen LogP contribution in [0.5, 0.6) is 0 Å². The molecule has 2 rings (SSSR count). The minimum atomic E-state index is 0.157. The van der Waals surface area contributed by atoms with Gasteiger partial charge in [-0.1, -0.05) is 26.2 Å². The van der Waals surface area contributed by atoms with E-state index in [0.717, 1.165) is 50.0 Å². The van der Waals surface area contributed by atoms with Crippen LogP contribution in [0, 0.1) is 0 Å². The molecule has 17 heavy (non-hydrogen) atoms. The second kappa shape index (κ2) is 5.84. The summed E-state index contributed by atoms with van der Waals surface area (Å²) in [4.78, 5) is 14.4. The Hall–Kier alpha value is -1.32. The van der Waals surface area contributed by atoms with Gasteiger partial charge in [-0.15, -0.1) is 0 Å². The predicted molar refractivity (Wildman–Crippen MR) is 67.0 cm³/mol. The Bertz CT molecular complexity index is 364. The van der Waals surface area contributed by atoms with Crippen LogP contribution in [0.2, 0.25) is 0 Å². The van der Waals surface area contributed by atoms with Gasteiger partial charge in [0.1, 0.15) is 0 Å². The number of hydrogen-bond acceptors (Lipinski definition) is 2. The molecule has 4 nitrogen and oxygen atoms in total. The third-order valence-corrected chi connectivity index (χ3v) is 3.34. The van der Waals surface area contributed by atoms with Crippen molar-refractivity contribution in [3.8, 4) is 0 Å². The zero-order valence-corrected chi connectivity index (χ0v) is 10.5. The minimum absolute atomic E-state index is 0.157. The molecule has 94 valence electrons. The number of hydrogen-bond donors (Lipinski definition) is 1. The number of H-pyrrole nitrogens is 1. The van der Waals surface area contributed by atoms with E-state index in [1.807, 2.05) is 4.90 Å². The molecule has 2 heterocycles. The fraction of sp³-hybridized carbons (Fsp3) is 0.692. The van der Waals surface area contributed by atoms with Crippen LogP contribution in [0.3, 0.4) is 0 Å². The smallest absolute Gasteiger partial charge is 0.257 e. The van der Waals surface area contributed by atoms with Crippen LogP contribution in [-0.2, 0) is 6.42 Å². The van der Waals surface area contributed by atoms with Gasteiger partial charge in [0.25, 0.3) is 5.91 Å². The molecule has 1 amide bonds. The third-order valence-electron chi connectivity index (χ3n) is 3.34. The summed E-state index contributed by atoms with van der Waals surface area (Å²) in [6.07, 6.45) is 8.36. The zero-order valence-electron chi connectivity index (χ0n) is 10.5. The van der Waals surface area contributed by atoms with Crippen molar-refractivity contribution in [3.63, 3.8) is 0 Å². The van der Waals surface area contributed by atoms with Crippen LogP contribution in [0.4, 0.5) is 0 Å². The van der Waals surface area contributed by atoms with Gasteiger partial charge in [-0.25, -0.2) is 0 Å². The molecule has 4 heteroatoms. The van der Waals surface area contributed by atoms with Crippen molar-refractivity contribution < 1.29 is 4.79 Å². The molecule has 1 aromatic heterocycles. The lowest BCUT2D eigenvalue weighted by Gasteiger charge is -2.20. The van der Waals surface area contributed by atoms with Gasteiger partial charge in [0.15, 0.2) is 0 Å². The number of rotatable bonds is 3. The Morgan fingerprint density at radius 1 is 1.35 bits per heavy atom. The van der Waals surface area contributed by atoms with Gasteiger partial charge in [-0.3, -0.25) is 9.89 Å². The number of carbonyl (C=O) groups is 1. The largest absolute Gasteiger partial charge is 0.339 e. The third kappa shape index (κ3) is 2.87. The van der Waals surface area contributed by atoms with Crippen molar-refractivity contribution in [1.82, 2.24) is 15.1 Å². The Morgan fingerprint density at radius 3 is 2.71 bits per heavy atom. The van der Waals surface area contributed by atoms with E-state index in [4.69, 9.17) is 0 Å². The molecule has 0 unspecified atom stereocenters. The maximum atomic E-state index is 12.4. The summed E-state index contributed by atoms with van der Waals surface area (Å²) in [7, 11) is 0. The van der Waals surface area contributed by atoms with E-state index in [1.54, 1.807) is 6.20 Å². The Kier molecular flexibility index (Phi) is 4.18. The normalized spacial score (nSPS) is 16.9. The van der Waals surface area contributed by atoms with Crippen molar-refractivity contribution in [3.05, 3.63) is 17.5 Å². The first kappa shape index (κ1) is 12.1. The van der Waals surface area contributed by atoms with E-state index in [-0.39, 0.29) is 5.91 Å². The standard InChI is InChI=1S/C13H21N3O/c1-2-7-12-11(10-14-15-12)13(17)16-8-5-3-4-6-9-16/h10H,2-9H2,1H3,(H,14,15). The SMILES string of the molecule is CCCc1[nH]ncc1C(=O)N1CCCCCC1. The van der Waals surface area contributed by atoms with Gasteiger partial charge in [-0.05, 0) is 19.3 Å². The maximum absolute atomic E-state index is 12.4. The molecule has 0 bridgehead atoms. The minimum Gasteiger partial charge on any atom is -0.339 e. The van der Waals surface area contributed by atoms with Crippen LogP contribution < -0.4 is 0 Å². The molecule has 0 saturated carbocycles. The van der Waals surface area contributed by atoms with Gasteiger partial charge in [0.05, 0.1) is 11.8 Å². The van der Waals surface area contributed by atoms with Crippen molar-refractivity contribution in [2.45, 2.75) is 45.4 Å². The van der Waals surface area contributed by atoms with E-state index in [0.29, 0.717) is 0 Å². The zero-order chi connectivity index (χ0) is 12.1. The number of nitrogens with zero attached hydrogens (tertiary/aromatic N) is 2. The monoisotopic (exact) mass is 235 g/mol. The van der Waals surface area contributed by atoms with Crippen molar-refractivity contribution >= 4 is 5.91 Å². The van der Waals surface area contributed by atoms with E-state index < -0.39 is 0 Å². The first-order chi connectivity index (χ1) is 8.33. The maximum Gasteiger partial charge on any atom is 0.257 e. The average Bonchev–Trinajstić information content (AvgIpc) is 2.63. The fourth-order valence-electron chi connectivity index (χ4n) is 2.38. The van der Waals surface area contributed by atoms with Crippen LogP contribution in [0.25, 0.3) is 0 Å². The number of amides is 1. The van der Waals surface area contributed by atoms with Crippen molar-refractivity contribution in [2.75, 3.05) is 13.1 Å². The highest BCUT2D eigenvalue weighted by molar-refractivity contribution is 5.95. The lowest BCUT2D eigenvalue weighted by atomic mass is 10.1. The Morgan fingerprint density at radius 2 is 2.06 bits per heavy atom. The average molecular weight is 235 g/mol. The van der Waals surface area contributed by atoms with E-state index in [2.05, 4.69) is 17.1 Å². The second-order valence-electron chi connectivity index (χ2n) is 4.72. The molecule has 0 radical (unpaired) electrons. The summed E-state index contributed by atoms with van der Waals surface area (Å²) in [5, 5.41) is 6.95. The number of aromatic nitrogens is 2. The number of carbonyl (C=O) groups excluding carboxylic acids is 1. The lowest BCUT2D eigenvalue weighted by Crippen LogP contribution is -2.32. The molecular formula is C13H21N3O. The number of aromatic amines is 1. The highest BCUT2D eigenvalue weighted by atomic mass is 16.2. The van der Waals surface area contributed by atoms with Crippen LogP contribution >= 0.6 is 0 Å². The quantitative estimate of drug-likeness (QED) is 0.874. The fourth-order valence-corrected chi connectivity index (χ4v) is 2.38. The lowest BCUT2D eigenvalue weighted by molar-refractivity contribution is 0.0760. The summed E-state index contributed by atoms with van der Waals surface area (Å²) in [5.41, 5.74) is 1.76. The first-order valence-electron chi connectivity index (χ1n) is 6.64.